The summed E-state index contributed by atoms with van der Waals surface area (Å²) < 4.78 is 26.5. The minimum absolute atomic E-state index is 0.0755. The van der Waals surface area contributed by atoms with Crippen molar-refractivity contribution < 1.29 is 13.2 Å². The van der Waals surface area contributed by atoms with Crippen molar-refractivity contribution in [2.45, 2.75) is 55.9 Å². The molecule has 1 aromatic heterocycles. The van der Waals surface area contributed by atoms with E-state index in [1.807, 2.05) is 12.1 Å². The average Bonchev–Trinajstić information content (AvgIpc) is 3.03. The first-order chi connectivity index (χ1) is 12.5. The summed E-state index contributed by atoms with van der Waals surface area (Å²) in [6.07, 6.45) is 5.61. The van der Waals surface area contributed by atoms with Crippen LogP contribution in [-0.2, 0) is 16.3 Å². The molecule has 1 amide bonds. The third-order valence-electron chi connectivity index (χ3n) is 5.60. The molecule has 0 spiro atoms. The number of aromatic nitrogens is 1. The third-order valence-corrected chi connectivity index (χ3v) is 9.39. The van der Waals surface area contributed by atoms with Crippen molar-refractivity contribution in [3.05, 3.63) is 28.8 Å². The zero-order valence-electron chi connectivity index (χ0n) is 15.0. The average molecular weight is 393 g/mol. The summed E-state index contributed by atoms with van der Waals surface area (Å²) in [5.41, 5.74) is 1.54. The van der Waals surface area contributed by atoms with Gasteiger partial charge in [0.1, 0.15) is 0 Å². The lowest BCUT2D eigenvalue weighted by atomic mass is 10.0. The number of carbonyl (C=O) groups is 1. The maximum atomic E-state index is 12.7. The number of sulfone groups is 1. The van der Waals surface area contributed by atoms with Gasteiger partial charge in [0, 0.05) is 18.7 Å². The molecule has 1 aromatic carbocycles. The SMILES string of the molecule is CCc1nc2ccc(C(=O)N3CC(S(=O)(=O)C4CCCCC4)C3)cc2s1. The molecule has 0 unspecified atom stereocenters. The maximum Gasteiger partial charge on any atom is 0.253 e. The van der Waals surface area contributed by atoms with Crippen molar-refractivity contribution in [3.63, 3.8) is 0 Å². The molecule has 7 heteroatoms. The Bertz CT molecular complexity index is 923. The fraction of sp³-hybridized carbons (Fsp3) is 0.579. The van der Waals surface area contributed by atoms with Gasteiger partial charge >= 0.3 is 0 Å². The summed E-state index contributed by atoms with van der Waals surface area (Å²) in [7, 11) is -3.11. The molecule has 1 saturated carbocycles. The van der Waals surface area contributed by atoms with Crippen molar-refractivity contribution >= 4 is 37.3 Å². The minimum Gasteiger partial charge on any atom is -0.336 e. The van der Waals surface area contributed by atoms with Crippen LogP contribution in [0.25, 0.3) is 10.2 Å². The Hall–Kier alpha value is -1.47. The summed E-state index contributed by atoms with van der Waals surface area (Å²) >= 11 is 1.61. The standard InChI is InChI=1S/C19H24N2O3S2/c1-2-18-20-16-9-8-13(10-17(16)25-18)19(22)21-11-15(12-21)26(23,24)14-6-4-3-5-7-14/h8-10,14-15H,2-7,11-12H2,1H3. The molecule has 0 radical (unpaired) electrons. The van der Waals surface area contributed by atoms with Crippen molar-refractivity contribution in [3.8, 4) is 0 Å². The van der Waals surface area contributed by atoms with E-state index in [2.05, 4.69) is 11.9 Å². The molecular weight excluding hydrogens is 368 g/mol. The van der Waals surface area contributed by atoms with Gasteiger partial charge in [-0.05, 0) is 37.5 Å². The van der Waals surface area contributed by atoms with Crippen LogP contribution in [0.3, 0.4) is 0 Å². The molecule has 0 N–H and O–H groups in total. The van der Waals surface area contributed by atoms with Crippen LogP contribution in [0.5, 0.6) is 0 Å². The van der Waals surface area contributed by atoms with Crippen molar-refractivity contribution in [1.29, 1.82) is 0 Å². The number of benzene rings is 1. The number of amides is 1. The van der Waals surface area contributed by atoms with Gasteiger partial charge < -0.3 is 4.90 Å². The Balaban J connectivity index is 1.44. The van der Waals surface area contributed by atoms with E-state index in [-0.39, 0.29) is 16.4 Å². The second kappa shape index (κ2) is 6.93. The van der Waals surface area contributed by atoms with E-state index in [9.17, 15) is 13.2 Å². The minimum atomic E-state index is -3.11. The van der Waals surface area contributed by atoms with Gasteiger partial charge in [0.2, 0.25) is 0 Å². The summed E-state index contributed by atoms with van der Waals surface area (Å²) in [6.45, 7) is 2.73. The van der Waals surface area contributed by atoms with Crippen LogP contribution in [0, 0.1) is 0 Å². The second-order valence-electron chi connectivity index (χ2n) is 7.32. The summed E-state index contributed by atoms with van der Waals surface area (Å²) in [6, 6.07) is 5.57. The first kappa shape index (κ1) is 17.9. The first-order valence-corrected chi connectivity index (χ1v) is 11.8. The molecule has 26 heavy (non-hydrogen) atoms. The van der Waals surface area contributed by atoms with Gasteiger partial charge in [0.15, 0.2) is 9.84 Å². The maximum absolute atomic E-state index is 12.7. The van der Waals surface area contributed by atoms with Crippen LogP contribution in [0.15, 0.2) is 18.2 Å². The van der Waals surface area contributed by atoms with E-state index in [1.54, 1.807) is 22.3 Å². The van der Waals surface area contributed by atoms with Crippen LogP contribution in [0.2, 0.25) is 0 Å². The zero-order valence-corrected chi connectivity index (χ0v) is 16.6. The highest BCUT2D eigenvalue weighted by Gasteiger charge is 2.43. The molecule has 140 valence electrons. The second-order valence-corrected chi connectivity index (χ2v) is 11.0. The van der Waals surface area contributed by atoms with Gasteiger partial charge in [-0.1, -0.05) is 26.2 Å². The molecule has 2 fully saturated rings. The molecule has 2 aromatic rings. The predicted octanol–water partition coefficient (Wildman–Crippen LogP) is 3.43. The van der Waals surface area contributed by atoms with Crippen LogP contribution in [0.1, 0.15) is 54.4 Å². The summed E-state index contributed by atoms with van der Waals surface area (Å²) in [5, 5.41) is 0.486. The Labute approximate surface area is 158 Å². The third kappa shape index (κ3) is 3.16. The fourth-order valence-corrected chi connectivity index (χ4v) is 7.17. The lowest BCUT2D eigenvalue weighted by molar-refractivity contribution is 0.0658. The van der Waals surface area contributed by atoms with Crippen molar-refractivity contribution in [2.24, 2.45) is 0 Å². The number of likely N-dealkylation sites (tertiary alicyclic amines) is 1. The Morgan fingerprint density at radius 3 is 2.62 bits per heavy atom. The number of nitrogens with zero attached hydrogens (tertiary/aromatic N) is 2. The largest absolute Gasteiger partial charge is 0.336 e. The van der Waals surface area contributed by atoms with E-state index in [0.717, 1.165) is 53.7 Å². The Morgan fingerprint density at radius 2 is 1.92 bits per heavy atom. The monoisotopic (exact) mass is 392 g/mol. The number of carbonyl (C=O) groups excluding carboxylic acids is 1. The van der Waals surface area contributed by atoms with E-state index < -0.39 is 9.84 Å². The summed E-state index contributed by atoms with van der Waals surface area (Å²) in [5.74, 6) is -0.0755. The highest BCUT2D eigenvalue weighted by atomic mass is 32.2. The number of fused-ring (bicyclic) bond motifs is 1. The van der Waals surface area contributed by atoms with Crippen LogP contribution < -0.4 is 0 Å². The number of hydrogen-bond donors (Lipinski definition) is 0. The van der Waals surface area contributed by atoms with Crippen LogP contribution in [-0.4, -0.2) is 47.8 Å². The molecular formula is C19H24N2O3S2. The van der Waals surface area contributed by atoms with Crippen molar-refractivity contribution in [1.82, 2.24) is 9.88 Å². The molecule has 4 rings (SSSR count). The number of aryl methyl sites for hydroxylation is 1. The molecule has 0 atom stereocenters. The highest BCUT2D eigenvalue weighted by molar-refractivity contribution is 7.92. The number of rotatable bonds is 4. The summed E-state index contributed by atoms with van der Waals surface area (Å²) in [4.78, 5) is 18.9. The smallest absolute Gasteiger partial charge is 0.253 e. The lowest BCUT2D eigenvalue weighted by Gasteiger charge is -2.40. The normalized spacial score (nSPS) is 19.7. The van der Waals surface area contributed by atoms with Crippen LogP contribution >= 0.6 is 11.3 Å². The van der Waals surface area contributed by atoms with E-state index in [1.165, 1.54) is 0 Å². The van der Waals surface area contributed by atoms with Gasteiger partial charge in [-0.15, -0.1) is 11.3 Å². The van der Waals surface area contributed by atoms with Crippen molar-refractivity contribution in [2.75, 3.05) is 13.1 Å². The molecule has 5 nitrogen and oxygen atoms in total. The van der Waals surface area contributed by atoms with Gasteiger partial charge in [0.05, 0.1) is 25.7 Å². The molecule has 1 saturated heterocycles. The van der Waals surface area contributed by atoms with E-state index in [0.29, 0.717) is 18.7 Å². The van der Waals surface area contributed by atoms with E-state index >= 15 is 0 Å². The molecule has 1 aliphatic heterocycles. The fourth-order valence-electron chi connectivity index (χ4n) is 3.92. The lowest BCUT2D eigenvalue weighted by Crippen LogP contribution is -2.58. The number of thiazole rings is 1. The quantitative estimate of drug-likeness (QED) is 0.799. The molecule has 2 aliphatic rings. The van der Waals surface area contributed by atoms with Gasteiger partial charge in [0.25, 0.3) is 5.91 Å². The topological polar surface area (TPSA) is 67.3 Å². The van der Waals surface area contributed by atoms with E-state index in [4.69, 9.17) is 0 Å². The Kier molecular flexibility index (Phi) is 4.77. The van der Waals surface area contributed by atoms with Gasteiger partial charge in [-0.25, -0.2) is 13.4 Å². The van der Waals surface area contributed by atoms with Gasteiger partial charge in [-0.2, -0.15) is 0 Å². The molecule has 2 heterocycles. The number of hydrogen-bond acceptors (Lipinski definition) is 5. The molecule has 0 bridgehead atoms. The predicted molar refractivity (Wildman–Crippen MR) is 104 cm³/mol. The zero-order chi connectivity index (χ0) is 18.3. The molecule has 1 aliphatic carbocycles. The van der Waals surface area contributed by atoms with Crippen LogP contribution in [0.4, 0.5) is 0 Å². The highest BCUT2D eigenvalue weighted by Crippen LogP contribution is 2.31. The Morgan fingerprint density at radius 1 is 1.19 bits per heavy atom. The first-order valence-electron chi connectivity index (χ1n) is 9.40. The van der Waals surface area contributed by atoms with Gasteiger partial charge in [-0.3, -0.25) is 4.79 Å².